The highest BCUT2D eigenvalue weighted by Crippen LogP contribution is 2.25. The van der Waals surface area contributed by atoms with E-state index in [0.717, 1.165) is 10.7 Å². The highest BCUT2D eigenvalue weighted by molar-refractivity contribution is 7.09. The van der Waals surface area contributed by atoms with Crippen molar-refractivity contribution in [3.63, 3.8) is 0 Å². The first-order chi connectivity index (χ1) is 9.20. The van der Waals surface area contributed by atoms with Gasteiger partial charge in [-0.2, -0.15) is 0 Å². The molecule has 1 atom stereocenters. The minimum atomic E-state index is -0.391. The summed E-state index contributed by atoms with van der Waals surface area (Å²) in [5.41, 5.74) is 0.929. The van der Waals surface area contributed by atoms with Gasteiger partial charge in [0.25, 0.3) is 0 Å². The van der Waals surface area contributed by atoms with Gasteiger partial charge in [-0.3, -0.25) is 0 Å². The molecule has 0 bridgehead atoms. The Balaban J connectivity index is 2.43. The Kier molecular flexibility index (Phi) is 5.95. The van der Waals surface area contributed by atoms with Crippen molar-refractivity contribution < 1.29 is 9.90 Å². The molecule has 1 aromatic heterocycles. The van der Waals surface area contributed by atoms with E-state index in [1.165, 1.54) is 0 Å². The van der Waals surface area contributed by atoms with Crippen LogP contribution in [0.4, 0.5) is 4.79 Å². The average molecular weight is 299 g/mol. The summed E-state index contributed by atoms with van der Waals surface area (Å²) in [5, 5.41) is 15.1. The molecule has 2 amide bonds. The van der Waals surface area contributed by atoms with E-state index in [0.29, 0.717) is 19.5 Å². The van der Waals surface area contributed by atoms with Crippen LogP contribution in [0, 0.1) is 0 Å². The zero-order valence-corrected chi connectivity index (χ0v) is 13.8. The summed E-state index contributed by atoms with van der Waals surface area (Å²) in [7, 11) is 1.72. The fourth-order valence-corrected chi connectivity index (χ4v) is 2.42. The van der Waals surface area contributed by atoms with Crippen molar-refractivity contribution in [3.8, 4) is 0 Å². The van der Waals surface area contributed by atoms with Crippen molar-refractivity contribution in [2.45, 2.75) is 52.2 Å². The van der Waals surface area contributed by atoms with E-state index in [4.69, 9.17) is 0 Å². The Labute approximate surface area is 125 Å². The summed E-state index contributed by atoms with van der Waals surface area (Å²) in [6.07, 6.45) is 0.188. The molecule has 20 heavy (non-hydrogen) atoms. The van der Waals surface area contributed by atoms with Gasteiger partial charge in [0.05, 0.1) is 23.4 Å². The maximum absolute atomic E-state index is 11.8. The third-order valence-electron chi connectivity index (χ3n) is 2.84. The van der Waals surface area contributed by atoms with E-state index in [9.17, 15) is 9.90 Å². The summed E-state index contributed by atoms with van der Waals surface area (Å²) in [6, 6.07) is -0.143. The standard InChI is InChI=1S/C14H25N3O2S/c1-10(18)6-7-17(5)13(19)15-8-11-9-20-12(16-11)14(2,3)4/h9-10,18H,6-8H2,1-5H3,(H,15,19). The number of nitrogens with zero attached hydrogens (tertiary/aromatic N) is 2. The molecule has 0 saturated carbocycles. The van der Waals surface area contributed by atoms with Crippen LogP contribution in [-0.2, 0) is 12.0 Å². The zero-order valence-electron chi connectivity index (χ0n) is 12.9. The van der Waals surface area contributed by atoms with Gasteiger partial charge in [0, 0.05) is 24.4 Å². The molecule has 0 aliphatic carbocycles. The van der Waals surface area contributed by atoms with E-state index in [1.54, 1.807) is 30.2 Å². The summed E-state index contributed by atoms with van der Waals surface area (Å²) < 4.78 is 0. The molecule has 0 radical (unpaired) electrons. The Morgan fingerprint density at radius 2 is 2.20 bits per heavy atom. The van der Waals surface area contributed by atoms with Gasteiger partial charge in [-0.25, -0.2) is 9.78 Å². The lowest BCUT2D eigenvalue weighted by Gasteiger charge is -2.18. The molecule has 1 unspecified atom stereocenters. The van der Waals surface area contributed by atoms with Gasteiger partial charge in [0.15, 0.2) is 0 Å². The van der Waals surface area contributed by atoms with E-state index in [1.807, 2.05) is 5.38 Å². The second-order valence-corrected chi connectivity index (χ2v) is 6.97. The van der Waals surface area contributed by atoms with E-state index in [2.05, 4.69) is 31.1 Å². The topological polar surface area (TPSA) is 65.5 Å². The number of aliphatic hydroxyl groups excluding tert-OH is 1. The number of carbonyl (C=O) groups excluding carboxylic acids is 1. The molecule has 0 aromatic carbocycles. The van der Waals surface area contributed by atoms with Crippen molar-refractivity contribution in [1.82, 2.24) is 15.2 Å². The van der Waals surface area contributed by atoms with Crippen LogP contribution < -0.4 is 5.32 Å². The lowest BCUT2D eigenvalue weighted by molar-refractivity contribution is 0.163. The number of thiazole rings is 1. The Bertz CT molecular complexity index is 438. The molecular weight excluding hydrogens is 274 g/mol. The molecule has 0 aliphatic rings. The number of hydrogen-bond donors (Lipinski definition) is 2. The molecule has 114 valence electrons. The van der Waals surface area contributed by atoms with Crippen LogP contribution in [0.2, 0.25) is 0 Å². The molecular formula is C14H25N3O2S. The molecule has 2 N–H and O–H groups in total. The van der Waals surface area contributed by atoms with Gasteiger partial charge in [0.2, 0.25) is 0 Å². The number of urea groups is 1. The Morgan fingerprint density at radius 1 is 1.55 bits per heavy atom. The summed E-state index contributed by atoms with van der Waals surface area (Å²) in [4.78, 5) is 17.9. The van der Waals surface area contributed by atoms with Crippen LogP contribution in [0.3, 0.4) is 0 Å². The summed E-state index contributed by atoms with van der Waals surface area (Å²) in [6.45, 7) is 9.06. The monoisotopic (exact) mass is 299 g/mol. The second-order valence-electron chi connectivity index (χ2n) is 6.11. The number of rotatable bonds is 5. The van der Waals surface area contributed by atoms with Crippen LogP contribution in [-0.4, -0.2) is 40.7 Å². The molecule has 1 heterocycles. The molecule has 0 saturated heterocycles. The van der Waals surface area contributed by atoms with Gasteiger partial charge in [-0.1, -0.05) is 20.8 Å². The van der Waals surface area contributed by atoms with Gasteiger partial charge in [-0.05, 0) is 13.3 Å². The van der Waals surface area contributed by atoms with Crippen LogP contribution in [0.1, 0.15) is 44.8 Å². The summed E-state index contributed by atoms with van der Waals surface area (Å²) in [5.74, 6) is 0. The van der Waals surface area contributed by atoms with Crippen molar-refractivity contribution in [2.24, 2.45) is 0 Å². The number of carbonyl (C=O) groups is 1. The number of aromatic nitrogens is 1. The first-order valence-corrected chi connectivity index (χ1v) is 7.70. The molecule has 5 nitrogen and oxygen atoms in total. The van der Waals surface area contributed by atoms with Crippen molar-refractivity contribution >= 4 is 17.4 Å². The molecule has 1 aromatic rings. The lowest BCUT2D eigenvalue weighted by Crippen LogP contribution is -2.38. The van der Waals surface area contributed by atoms with E-state index >= 15 is 0 Å². The van der Waals surface area contributed by atoms with E-state index in [-0.39, 0.29) is 11.4 Å². The van der Waals surface area contributed by atoms with Crippen molar-refractivity contribution in [1.29, 1.82) is 0 Å². The maximum atomic E-state index is 11.8. The van der Waals surface area contributed by atoms with E-state index < -0.39 is 6.10 Å². The van der Waals surface area contributed by atoms with Crippen LogP contribution in [0.5, 0.6) is 0 Å². The molecule has 0 aliphatic heterocycles. The summed E-state index contributed by atoms with van der Waals surface area (Å²) >= 11 is 1.62. The number of aliphatic hydroxyl groups is 1. The normalized spacial score (nSPS) is 13.1. The SMILES string of the molecule is CC(O)CCN(C)C(=O)NCc1csc(C(C)(C)C)n1. The number of hydrogen-bond acceptors (Lipinski definition) is 4. The third kappa shape index (κ3) is 5.46. The predicted molar refractivity (Wildman–Crippen MR) is 82.0 cm³/mol. The van der Waals surface area contributed by atoms with Crippen molar-refractivity contribution in [3.05, 3.63) is 16.1 Å². The minimum absolute atomic E-state index is 0.0426. The maximum Gasteiger partial charge on any atom is 0.317 e. The fourth-order valence-electron chi connectivity index (χ4n) is 1.52. The Morgan fingerprint density at radius 3 is 2.70 bits per heavy atom. The van der Waals surface area contributed by atoms with Crippen LogP contribution in [0.15, 0.2) is 5.38 Å². The number of amides is 2. The van der Waals surface area contributed by atoms with Crippen LogP contribution in [0.25, 0.3) is 0 Å². The lowest BCUT2D eigenvalue weighted by atomic mass is 9.98. The molecule has 0 spiro atoms. The second kappa shape index (κ2) is 7.04. The minimum Gasteiger partial charge on any atom is -0.393 e. The van der Waals surface area contributed by atoms with Crippen molar-refractivity contribution in [2.75, 3.05) is 13.6 Å². The predicted octanol–water partition coefficient (Wildman–Crippen LogP) is 2.35. The highest BCUT2D eigenvalue weighted by Gasteiger charge is 2.18. The van der Waals surface area contributed by atoms with Gasteiger partial charge < -0.3 is 15.3 Å². The highest BCUT2D eigenvalue weighted by atomic mass is 32.1. The zero-order chi connectivity index (χ0) is 15.3. The molecule has 0 fully saturated rings. The molecule has 6 heteroatoms. The molecule has 1 rings (SSSR count). The first kappa shape index (κ1) is 16.9. The van der Waals surface area contributed by atoms with Gasteiger partial charge in [0.1, 0.15) is 0 Å². The van der Waals surface area contributed by atoms with Crippen LogP contribution >= 0.6 is 11.3 Å². The number of nitrogens with one attached hydrogen (secondary N) is 1. The first-order valence-electron chi connectivity index (χ1n) is 6.82. The largest absolute Gasteiger partial charge is 0.393 e. The quantitative estimate of drug-likeness (QED) is 0.877. The average Bonchev–Trinajstić information content (AvgIpc) is 2.81. The van der Waals surface area contributed by atoms with Gasteiger partial charge >= 0.3 is 6.03 Å². The Hall–Kier alpha value is -1.14. The third-order valence-corrected chi connectivity index (χ3v) is 4.16. The fraction of sp³-hybridized carbons (Fsp3) is 0.714. The van der Waals surface area contributed by atoms with Gasteiger partial charge in [-0.15, -0.1) is 11.3 Å². The smallest absolute Gasteiger partial charge is 0.317 e.